The summed E-state index contributed by atoms with van der Waals surface area (Å²) in [5, 5.41) is 10.9. The first-order chi connectivity index (χ1) is 10.8. The summed E-state index contributed by atoms with van der Waals surface area (Å²) in [5.41, 5.74) is 0. The smallest absolute Gasteiger partial charge is 0.191 e. The minimum atomic E-state index is 0. The molecule has 3 rings (SSSR count). The Morgan fingerprint density at radius 1 is 1.35 bits per heavy atom. The van der Waals surface area contributed by atoms with Gasteiger partial charge in [0.15, 0.2) is 5.96 Å². The van der Waals surface area contributed by atoms with Crippen LogP contribution in [-0.2, 0) is 13.6 Å². The van der Waals surface area contributed by atoms with Gasteiger partial charge in [-0.15, -0.1) is 24.0 Å². The topological polar surface area (TPSA) is 70.4 Å². The van der Waals surface area contributed by atoms with Crippen LogP contribution in [0, 0.1) is 5.92 Å². The lowest BCUT2D eigenvalue weighted by molar-refractivity contribution is 0.314. The van der Waals surface area contributed by atoms with Crippen LogP contribution in [0.1, 0.15) is 32.0 Å². The molecule has 0 aromatic carbocycles. The molecular formula is C15H28IN7. The maximum Gasteiger partial charge on any atom is 0.191 e. The third-order valence-electron chi connectivity index (χ3n) is 4.47. The normalized spacial score (nSPS) is 22.0. The largest absolute Gasteiger partial charge is 0.357 e. The van der Waals surface area contributed by atoms with Gasteiger partial charge in [-0.1, -0.05) is 0 Å². The van der Waals surface area contributed by atoms with E-state index in [-0.39, 0.29) is 24.0 Å². The first-order valence-corrected chi connectivity index (χ1v) is 8.35. The van der Waals surface area contributed by atoms with E-state index in [4.69, 9.17) is 0 Å². The fourth-order valence-electron chi connectivity index (χ4n) is 3.00. The molecule has 0 bridgehead atoms. The van der Waals surface area contributed by atoms with E-state index in [1.165, 1.54) is 32.4 Å². The molecule has 8 heteroatoms. The first kappa shape index (κ1) is 18.4. The molecule has 0 spiro atoms. The zero-order valence-corrected chi connectivity index (χ0v) is 16.4. The van der Waals surface area contributed by atoms with Crippen LogP contribution in [-0.4, -0.2) is 57.8 Å². The molecule has 1 saturated carbocycles. The summed E-state index contributed by atoms with van der Waals surface area (Å²) in [5.74, 6) is 2.48. The molecule has 1 aromatic heterocycles. The highest BCUT2D eigenvalue weighted by molar-refractivity contribution is 14.0. The molecule has 23 heavy (non-hydrogen) atoms. The maximum atomic E-state index is 4.60. The molecule has 2 fully saturated rings. The number of rotatable bonds is 6. The predicted molar refractivity (Wildman–Crippen MR) is 102 cm³/mol. The zero-order valence-electron chi connectivity index (χ0n) is 14.0. The van der Waals surface area contributed by atoms with E-state index in [1.54, 1.807) is 11.0 Å². The van der Waals surface area contributed by atoms with Crippen LogP contribution in [0.4, 0.5) is 0 Å². The number of halogens is 1. The van der Waals surface area contributed by atoms with Crippen molar-refractivity contribution < 1.29 is 0 Å². The number of aliphatic imine (C=N–C) groups is 1. The van der Waals surface area contributed by atoms with Crippen LogP contribution in [0.5, 0.6) is 0 Å². The van der Waals surface area contributed by atoms with Crippen LogP contribution < -0.4 is 10.6 Å². The van der Waals surface area contributed by atoms with E-state index in [9.17, 15) is 0 Å². The van der Waals surface area contributed by atoms with Crippen molar-refractivity contribution in [3.05, 3.63) is 12.2 Å². The van der Waals surface area contributed by atoms with Gasteiger partial charge in [0.1, 0.15) is 18.7 Å². The molecule has 2 N–H and O–H groups in total. The minimum absolute atomic E-state index is 0. The number of nitrogens with zero attached hydrogens (tertiary/aromatic N) is 5. The fraction of sp³-hybridized carbons (Fsp3) is 0.800. The summed E-state index contributed by atoms with van der Waals surface area (Å²) >= 11 is 0. The number of nitrogens with one attached hydrogen (secondary N) is 2. The third kappa shape index (κ3) is 5.30. The van der Waals surface area contributed by atoms with Gasteiger partial charge in [0, 0.05) is 32.7 Å². The van der Waals surface area contributed by atoms with Gasteiger partial charge >= 0.3 is 0 Å². The van der Waals surface area contributed by atoms with Crippen molar-refractivity contribution in [2.75, 3.05) is 26.2 Å². The van der Waals surface area contributed by atoms with Crippen molar-refractivity contribution >= 4 is 29.9 Å². The van der Waals surface area contributed by atoms with Crippen molar-refractivity contribution in [1.82, 2.24) is 30.3 Å². The van der Waals surface area contributed by atoms with Gasteiger partial charge in [0.05, 0.1) is 0 Å². The molecule has 0 radical (unpaired) electrons. The van der Waals surface area contributed by atoms with Gasteiger partial charge < -0.3 is 15.5 Å². The summed E-state index contributed by atoms with van der Waals surface area (Å²) in [7, 11) is 1.89. The Hall–Kier alpha value is -0.900. The van der Waals surface area contributed by atoms with Crippen LogP contribution in [0.25, 0.3) is 0 Å². The van der Waals surface area contributed by atoms with E-state index in [0.29, 0.717) is 6.54 Å². The van der Waals surface area contributed by atoms with E-state index >= 15 is 0 Å². The predicted octanol–water partition coefficient (Wildman–Crippen LogP) is 0.972. The van der Waals surface area contributed by atoms with Gasteiger partial charge in [-0.3, -0.25) is 4.68 Å². The van der Waals surface area contributed by atoms with Gasteiger partial charge in [0.2, 0.25) is 0 Å². The lowest BCUT2D eigenvalue weighted by atomic mass is 10.1. The van der Waals surface area contributed by atoms with E-state index in [1.807, 2.05) is 7.05 Å². The monoisotopic (exact) mass is 433 g/mol. The SMILES string of the molecule is CCNC(=NCc1ncnn1C)NCC1CCN(C2CC2)C1.I. The van der Waals surface area contributed by atoms with Gasteiger partial charge in [-0.2, -0.15) is 5.10 Å². The molecule has 130 valence electrons. The number of hydrogen-bond acceptors (Lipinski definition) is 4. The summed E-state index contributed by atoms with van der Waals surface area (Å²) in [6.07, 6.45) is 5.67. The Kier molecular flexibility index (Phi) is 7.07. The highest BCUT2D eigenvalue weighted by Crippen LogP contribution is 2.31. The highest BCUT2D eigenvalue weighted by atomic mass is 127. The van der Waals surface area contributed by atoms with Crippen LogP contribution in [0.3, 0.4) is 0 Å². The fourth-order valence-corrected chi connectivity index (χ4v) is 3.00. The number of aryl methyl sites for hydroxylation is 1. The summed E-state index contributed by atoms with van der Waals surface area (Å²) in [6, 6.07) is 0.891. The number of guanidine groups is 1. The molecule has 1 atom stereocenters. The van der Waals surface area contributed by atoms with Crippen molar-refractivity contribution in [3.63, 3.8) is 0 Å². The second-order valence-corrected chi connectivity index (χ2v) is 6.26. The molecular weight excluding hydrogens is 405 g/mol. The molecule has 2 heterocycles. The Morgan fingerprint density at radius 3 is 2.83 bits per heavy atom. The molecule has 7 nitrogen and oxygen atoms in total. The summed E-state index contributed by atoms with van der Waals surface area (Å²) in [6.45, 7) is 7.00. The number of hydrogen-bond donors (Lipinski definition) is 2. The van der Waals surface area contributed by atoms with E-state index < -0.39 is 0 Å². The Labute approximate surface area is 155 Å². The molecule has 0 amide bonds. The second-order valence-electron chi connectivity index (χ2n) is 6.26. The lowest BCUT2D eigenvalue weighted by Gasteiger charge is -2.17. The van der Waals surface area contributed by atoms with Crippen molar-refractivity contribution in [2.45, 2.75) is 38.8 Å². The Balaban J connectivity index is 0.00000192. The lowest BCUT2D eigenvalue weighted by Crippen LogP contribution is -2.40. The molecule has 2 aliphatic rings. The van der Waals surface area contributed by atoms with Gasteiger partial charge in [-0.05, 0) is 38.6 Å². The maximum absolute atomic E-state index is 4.60. The highest BCUT2D eigenvalue weighted by Gasteiger charge is 2.34. The Morgan fingerprint density at radius 2 is 2.17 bits per heavy atom. The Bertz CT molecular complexity index is 512. The molecule has 1 aromatic rings. The van der Waals surface area contributed by atoms with Crippen LogP contribution >= 0.6 is 24.0 Å². The van der Waals surface area contributed by atoms with Crippen molar-refractivity contribution in [2.24, 2.45) is 18.0 Å². The molecule has 1 aliphatic heterocycles. The zero-order chi connectivity index (χ0) is 15.4. The van der Waals surface area contributed by atoms with Crippen molar-refractivity contribution in [1.29, 1.82) is 0 Å². The molecule has 1 saturated heterocycles. The minimum Gasteiger partial charge on any atom is -0.357 e. The van der Waals surface area contributed by atoms with Gasteiger partial charge in [-0.25, -0.2) is 9.98 Å². The van der Waals surface area contributed by atoms with Crippen LogP contribution in [0.2, 0.25) is 0 Å². The van der Waals surface area contributed by atoms with E-state index in [2.05, 4.69) is 37.5 Å². The number of likely N-dealkylation sites (tertiary alicyclic amines) is 1. The second kappa shape index (κ2) is 8.81. The average Bonchev–Trinajstić information content (AvgIpc) is 3.12. The van der Waals surface area contributed by atoms with E-state index in [0.717, 1.165) is 36.8 Å². The van der Waals surface area contributed by atoms with Gasteiger partial charge in [0.25, 0.3) is 0 Å². The van der Waals surface area contributed by atoms with Crippen LogP contribution in [0.15, 0.2) is 11.3 Å². The molecule has 1 unspecified atom stereocenters. The molecule has 1 aliphatic carbocycles. The summed E-state index contributed by atoms with van der Waals surface area (Å²) < 4.78 is 1.76. The third-order valence-corrected chi connectivity index (χ3v) is 4.47. The van der Waals surface area contributed by atoms with Crippen molar-refractivity contribution in [3.8, 4) is 0 Å². The summed E-state index contributed by atoms with van der Waals surface area (Å²) in [4.78, 5) is 11.5. The standard InChI is InChI=1S/C15H27N7.HI/c1-3-16-15(18-9-14-19-11-20-21(14)2)17-8-12-6-7-22(10-12)13-4-5-13;/h11-13H,3-10H2,1-2H3,(H2,16,17,18);1H. The first-order valence-electron chi connectivity index (χ1n) is 8.35. The quantitative estimate of drug-likeness (QED) is 0.398. The average molecular weight is 433 g/mol. The number of aromatic nitrogens is 3.